The van der Waals surface area contributed by atoms with E-state index in [0.29, 0.717) is 6.10 Å². The van der Waals surface area contributed by atoms with Gasteiger partial charge < -0.3 is 4.74 Å². The Bertz CT molecular complexity index is 283. The monoisotopic (exact) mass is 247 g/mol. The van der Waals surface area contributed by atoms with Gasteiger partial charge in [0.1, 0.15) is 0 Å². The molecule has 0 aliphatic heterocycles. The molecule has 1 aliphatic rings. The van der Waals surface area contributed by atoms with E-state index in [2.05, 4.69) is 20.3 Å². The molecule has 2 nitrogen and oxygen atoms in total. The molecule has 1 aliphatic carbocycles. The van der Waals surface area contributed by atoms with Gasteiger partial charge in [-0.1, -0.05) is 0 Å². The Labute approximate surface area is 84.2 Å². The van der Waals surface area contributed by atoms with Crippen molar-refractivity contribution in [2.24, 2.45) is 0 Å². The van der Waals surface area contributed by atoms with Crippen LogP contribution in [0.4, 0.5) is 0 Å². The van der Waals surface area contributed by atoms with Gasteiger partial charge in [0.15, 0.2) is 0 Å². The summed E-state index contributed by atoms with van der Waals surface area (Å²) in [5.74, 6) is 0. The smallest absolute Gasteiger partial charge is 0.208 e. The number of nitrogens with zero attached hydrogens (tertiary/aromatic N) is 1. The third-order valence-corrected chi connectivity index (χ3v) is 4.12. The minimum atomic E-state index is 0.446. The van der Waals surface area contributed by atoms with E-state index in [1.807, 2.05) is 6.92 Å². The van der Waals surface area contributed by atoms with Crippen molar-refractivity contribution >= 4 is 27.5 Å². The fourth-order valence-corrected chi connectivity index (χ4v) is 2.29. The van der Waals surface area contributed by atoms with E-state index in [0.717, 1.165) is 15.2 Å². The Morgan fingerprint density at radius 2 is 2.33 bits per heavy atom. The van der Waals surface area contributed by atoms with E-state index in [1.54, 1.807) is 0 Å². The van der Waals surface area contributed by atoms with Crippen LogP contribution >= 0.6 is 27.5 Å². The highest BCUT2D eigenvalue weighted by atomic mass is 79.9. The minimum absolute atomic E-state index is 0.446. The van der Waals surface area contributed by atoms with Crippen molar-refractivity contribution in [3.63, 3.8) is 0 Å². The lowest BCUT2D eigenvalue weighted by molar-refractivity contribution is 0.124. The van der Waals surface area contributed by atoms with Crippen LogP contribution in [0.3, 0.4) is 0 Å². The fraction of sp³-hybridized carbons (Fsp3) is 0.625. The zero-order valence-electron chi connectivity index (χ0n) is 6.84. The van der Waals surface area contributed by atoms with Gasteiger partial charge in [-0.2, -0.15) is 4.37 Å². The molecule has 0 bridgehead atoms. The van der Waals surface area contributed by atoms with Crippen LogP contribution in [-0.2, 0) is 0 Å². The highest BCUT2D eigenvalue weighted by Gasteiger charge is 2.21. The molecule has 12 heavy (non-hydrogen) atoms. The van der Waals surface area contributed by atoms with Gasteiger partial charge in [0.25, 0.3) is 0 Å². The maximum absolute atomic E-state index is 5.71. The molecular weight excluding hydrogens is 238 g/mol. The zero-order chi connectivity index (χ0) is 8.55. The highest BCUT2D eigenvalue weighted by molar-refractivity contribution is 9.10. The second kappa shape index (κ2) is 3.34. The first-order valence-corrected chi connectivity index (χ1v) is 5.62. The third-order valence-electron chi connectivity index (χ3n) is 2.09. The normalized spacial score (nSPS) is 17.5. The predicted molar refractivity (Wildman–Crippen MR) is 52.8 cm³/mol. The van der Waals surface area contributed by atoms with Crippen molar-refractivity contribution in [2.45, 2.75) is 32.3 Å². The Morgan fingerprint density at radius 1 is 1.58 bits per heavy atom. The van der Waals surface area contributed by atoms with Crippen molar-refractivity contribution in [2.75, 3.05) is 0 Å². The van der Waals surface area contributed by atoms with E-state index in [9.17, 15) is 0 Å². The Kier molecular flexibility index (Phi) is 2.37. The first-order valence-electron chi connectivity index (χ1n) is 4.06. The average molecular weight is 248 g/mol. The topological polar surface area (TPSA) is 22.1 Å². The molecule has 0 saturated heterocycles. The molecular formula is C8H10BrNOS. The Morgan fingerprint density at radius 3 is 2.75 bits per heavy atom. The van der Waals surface area contributed by atoms with Crippen LogP contribution in [0.25, 0.3) is 0 Å². The summed E-state index contributed by atoms with van der Waals surface area (Å²) in [6.45, 7) is 1.98. The molecule has 4 heteroatoms. The van der Waals surface area contributed by atoms with Gasteiger partial charge in [0, 0.05) is 11.5 Å². The SMILES string of the molecule is Cc1nsc(OC2CCC2)c1Br. The maximum Gasteiger partial charge on any atom is 0.208 e. The zero-order valence-corrected chi connectivity index (χ0v) is 9.24. The van der Waals surface area contributed by atoms with Gasteiger partial charge in [-0.3, -0.25) is 0 Å². The first kappa shape index (κ1) is 8.51. The lowest BCUT2D eigenvalue weighted by atomic mass is 9.96. The van der Waals surface area contributed by atoms with E-state index in [1.165, 1.54) is 30.8 Å². The second-order valence-corrected chi connectivity index (χ2v) is 4.57. The van der Waals surface area contributed by atoms with Crippen LogP contribution in [0, 0.1) is 6.92 Å². The van der Waals surface area contributed by atoms with E-state index < -0.39 is 0 Å². The van der Waals surface area contributed by atoms with Crippen molar-refractivity contribution < 1.29 is 4.74 Å². The lowest BCUT2D eigenvalue weighted by Crippen LogP contribution is -2.24. The summed E-state index contributed by atoms with van der Waals surface area (Å²) in [7, 11) is 0. The van der Waals surface area contributed by atoms with Gasteiger partial charge in [-0.15, -0.1) is 0 Å². The van der Waals surface area contributed by atoms with Gasteiger partial charge >= 0.3 is 0 Å². The van der Waals surface area contributed by atoms with Crippen molar-refractivity contribution in [1.82, 2.24) is 4.37 Å². The molecule has 0 aromatic carbocycles. The van der Waals surface area contributed by atoms with Crippen molar-refractivity contribution in [3.05, 3.63) is 10.2 Å². The Balaban J connectivity index is 2.06. The Hall–Kier alpha value is -0.0900. The lowest BCUT2D eigenvalue weighted by Gasteiger charge is -2.25. The average Bonchev–Trinajstić information content (AvgIpc) is 2.27. The summed E-state index contributed by atoms with van der Waals surface area (Å²) < 4.78 is 10.9. The fourth-order valence-electron chi connectivity index (χ4n) is 1.05. The summed E-state index contributed by atoms with van der Waals surface area (Å²) in [5.41, 5.74) is 1.02. The number of halogens is 1. The molecule has 1 heterocycles. The van der Waals surface area contributed by atoms with Gasteiger partial charge in [0.2, 0.25) is 5.06 Å². The van der Waals surface area contributed by atoms with Crippen LogP contribution in [0.15, 0.2) is 4.47 Å². The molecule has 1 aromatic heterocycles. The van der Waals surface area contributed by atoms with Crippen LogP contribution in [0.5, 0.6) is 5.06 Å². The number of aryl methyl sites for hydroxylation is 1. The van der Waals surface area contributed by atoms with Crippen molar-refractivity contribution in [3.8, 4) is 5.06 Å². The molecule has 66 valence electrons. The van der Waals surface area contributed by atoms with Crippen LogP contribution in [0.2, 0.25) is 0 Å². The highest BCUT2D eigenvalue weighted by Crippen LogP contribution is 2.35. The molecule has 0 radical (unpaired) electrons. The number of rotatable bonds is 2. The summed E-state index contributed by atoms with van der Waals surface area (Å²) in [4.78, 5) is 0. The summed E-state index contributed by atoms with van der Waals surface area (Å²) in [6, 6.07) is 0. The molecule has 0 N–H and O–H groups in total. The number of hydrogen-bond acceptors (Lipinski definition) is 3. The van der Waals surface area contributed by atoms with Crippen LogP contribution in [-0.4, -0.2) is 10.5 Å². The second-order valence-electron chi connectivity index (χ2n) is 3.04. The third kappa shape index (κ3) is 1.50. The van der Waals surface area contributed by atoms with Crippen LogP contribution < -0.4 is 4.74 Å². The largest absolute Gasteiger partial charge is 0.479 e. The molecule has 1 fully saturated rings. The first-order chi connectivity index (χ1) is 5.77. The van der Waals surface area contributed by atoms with E-state index in [-0.39, 0.29) is 0 Å². The standard InChI is InChI=1S/C8H10BrNOS/c1-5-7(9)8(12-10-5)11-6-3-2-4-6/h6H,2-4H2,1H3. The summed E-state index contributed by atoms with van der Waals surface area (Å²) >= 11 is 4.89. The maximum atomic E-state index is 5.71. The van der Waals surface area contributed by atoms with Gasteiger partial charge in [-0.05, 0) is 42.1 Å². The molecule has 2 rings (SSSR count). The number of ether oxygens (including phenoxy) is 1. The summed E-state index contributed by atoms with van der Waals surface area (Å²) in [6.07, 6.45) is 4.15. The van der Waals surface area contributed by atoms with Crippen LogP contribution in [0.1, 0.15) is 25.0 Å². The van der Waals surface area contributed by atoms with E-state index >= 15 is 0 Å². The number of hydrogen-bond donors (Lipinski definition) is 0. The van der Waals surface area contributed by atoms with Gasteiger partial charge in [0.05, 0.1) is 16.3 Å². The molecule has 0 atom stereocenters. The van der Waals surface area contributed by atoms with E-state index in [4.69, 9.17) is 4.74 Å². The quantitative estimate of drug-likeness (QED) is 0.802. The summed E-state index contributed by atoms with van der Waals surface area (Å²) in [5, 5.41) is 0.942. The van der Waals surface area contributed by atoms with Crippen molar-refractivity contribution in [1.29, 1.82) is 0 Å². The predicted octanol–water partition coefficient (Wildman–Crippen LogP) is 3.15. The molecule has 1 saturated carbocycles. The van der Waals surface area contributed by atoms with Gasteiger partial charge in [-0.25, -0.2) is 0 Å². The molecule has 1 aromatic rings. The number of aromatic nitrogens is 1. The minimum Gasteiger partial charge on any atom is -0.479 e. The molecule has 0 spiro atoms. The molecule has 0 unspecified atom stereocenters. The molecule has 0 amide bonds.